The fourth-order valence-electron chi connectivity index (χ4n) is 3.20. The third-order valence-electron chi connectivity index (χ3n) is 4.92. The Bertz CT molecular complexity index is 1040. The van der Waals surface area contributed by atoms with Crippen molar-refractivity contribution >= 4 is 11.6 Å². The molecule has 0 saturated heterocycles. The van der Waals surface area contributed by atoms with Gasteiger partial charge in [-0.1, -0.05) is 30.3 Å². The van der Waals surface area contributed by atoms with Gasteiger partial charge in [0.1, 0.15) is 11.6 Å². The van der Waals surface area contributed by atoms with Crippen LogP contribution in [0.3, 0.4) is 0 Å². The Morgan fingerprint density at radius 3 is 2.39 bits per heavy atom. The number of aromatic nitrogens is 1. The van der Waals surface area contributed by atoms with Crippen molar-refractivity contribution in [3.8, 4) is 0 Å². The SMILES string of the molecule is O=C(c1ccc(F)cc1)c1ccc(=O)n(CCc2ccccc2)c1NC1CC1. The summed E-state index contributed by atoms with van der Waals surface area (Å²) in [6.07, 6.45) is 2.73. The predicted octanol–water partition coefficient (Wildman–Crippen LogP) is 4.04. The maximum Gasteiger partial charge on any atom is 0.252 e. The Hall–Kier alpha value is -3.21. The second-order valence-corrected chi connectivity index (χ2v) is 7.08. The lowest BCUT2D eigenvalue weighted by Crippen LogP contribution is -2.27. The van der Waals surface area contributed by atoms with E-state index in [2.05, 4.69) is 5.32 Å². The van der Waals surface area contributed by atoms with Crippen LogP contribution in [-0.4, -0.2) is 16.4 Å². The Morgan fingerprint density at radius 2 is 1.71 bits per heavy atom. The molecule has 2 aromatic carbocycles. The molecule has 142 valence electrons. The summed E-state index contributed by atoms with van der Waals surface area (Å²) in [5, 5.41) is 3.36. The molecule has 1 aliphatic rings. The smallest absolute Gasteiger partial charge is 0.252 e. The zero-order chi connectivity index (χ0) is 19.5. The molecule has 0 radical (unpaired) electrons. The van der Waals surface area contributed by atoms with Crippen LogP contribution in [0.15, 0.2) is 71.5 Å². The molecule has 0 bridgehead atoms. The number of anilines is 1. The van der Waals surface area contributed by atoms with Crippen LogP contribution in [0.2, 0.25) is 0 Å². The second-order valence-electron chi connectivity index (χ2n) is 7.08. The van der Waals surface area contributed by atoms with Crippen molar-refractivity contribution in [1.29, 1.82) is 0 Å². The molecular formula is C23H21FN2O2. The number of nitrogens with one attached hydrogen (secondary N) is 1. The quantitative estimate of drug-likeness (QED) is 0.633. The first-order chi connectivity index (χ1) is 13.6. The second kappa shape index (κ2) is 7.80. The molecule has 0 aliphatic heterocycles. The van der Waals surface area contributed by atoms with Gasteiger partial charge in [0.15, 0.2) is 5.78 Å². The third kappa shape index (κ3) is 4.03. The number of carbonyl (C=O) groups excluding carboxylic acids is 1. The lowest BCUT2D eigenvalue weighted by atomic mass is 10.0. The van der Waals surface area contributed by atoms with Crippen LogP contribution in [0, 0.1) is 5.82 Å². The predicted molar refractivity (Wildman–Crippen MR) is 107 cm³/mol. The maximum absolute atomic E-state index is 13.2. The minimum Gasteiger partial charge on any atom is -0.368 e. The molecule has 3 aromatic rings. The molecule has 0 spiro atoms. The summed E-state index contributed by atoms with van der Waals surface area (Å²) in [4.78, 5) is 25.6. The largest absolute Gasteiger partial charge is 0.368 e. The standard InChI is InChI=1S/C23H21FN2O2/c24-18-8-6-17(7-9-18)22(28)20-12-13-21(27)26(23(20)25-19-10-11-19)15-14-16-4-2-1-3-5-16/h1-9,12-13,19,25H,10-11,14-15H2. The number of pyridine rings is 1. The Balaban J connectivity index is 1.70. The molecular weight excluding hydrogens is 355 g/mol. The van der Waals surface area contributed by atoms with Gasteiger partial charge in [0.25, 0.3) is 5.56 Å². The van der Waals surface area contributed by atoms with Crippen LogP contribution >= 0.6 is 0 Å². The Labute approximate surface area is 162 Å². The molecule has 1 heterocycles. The van der Waals surface area contributed by atoms with E-state index >= 15 is 0 Å². The molecule has 28 heavy (non-hydrogen) atoms. The van der Waals surface area contributed by atoms with Gasteiger partial charge < -0.3 is 5.32 Å². The van der Waals surface area contributed by atoms with Crippen LogP contribution in [-0.2, 0) is 13.0 Å². The van der Waals surface area contributed by atoms with E-state index in [1.54, 1.807) is 10.6 Å². The van der Waals surface area contributed by atoms with Gasteiger partial charge >= 0.3 is 0 Å². The normalized spacial score (nSPS) is 13.3. The Kier molecular flexibility index (Phi) is 5.06. The number of carbonyl (C=O) groups is 1. The molecule has 1 aliphatic carbocycles. The van der Waals surface area contributed by atoms with Crippen molar-refractivity contribution in [3.05, 3.63) is 99.6 Å². The van der Waals surface area contributed by atoms with Crippen LogP contribution < -0.4 is 10.9 Å². The summed E-state index contributed by atoms with van der Waals surface area (Å²) in [6, 6.07) is 18.7. The summed E-state index contributed by atoms with van der Waals surface area (Å²) >= 11 is 0. The Morgan fingerprint density at radius 1 is 1.00 bits per heavy atom. The average molecular weight is 376 g/mol. The van der Waals surface area contributed by atoms with Gasteiger partial charge in [-0.15, -0.1) is 0 Å². The summed E-state index contributed by atoms with van der Waals surface area (Å²) in [7, 11) is 0. The van der Waals surface area contributed by atoms with Gasteiger partial charge in [-0.3, -0.25) is 14.2 Å². The van der Waals surface area contributed by atoms with Crippen molar-refractivity contribution < 1.29 is 9.18 Å². The van der Waals surface area contributed by atoms with Gasteiger partial charge in [0.05, 0.1) is 5.56 Å². The number of ketones is 1. The lowest BCUT2D eigenvalue weighted by molar-refractivity contribution is 0.103. The lowest BCUT2D eigenvalue weighted by Gasteiger charge is -2.18. The zero-order valence-electron chi connectivity index (χ0n) is 15.4. The summed E-state index contributed by atoms with van der Waals surface area (Å²) < 4.78 is 14.9. The number of halogens is 1. The van der Waals surface area contributed by atoms with Crippen LogP contribution in [0.5, 0.6) is 0 Å². The summed E-state index contributed by atoms with van der Waals surface area (Å²) in [5.74, 6) is -0.0578. The van der Waals surface area contributed by atoms with Crippen LogP contribution in [0.25, 0.3) is 0 Å². The first-order valence-corrected chi connectivity index (χ1v) is 9.46. The maximum atomic E-state index is 13.2. The van der Waals surface area contributed by atoms with E-state index in [9.17, 15) is 14.0 Å². The molecule has 1 aromatic heterocycles. The van der Waals surface area contributed by atoms with Gasteiger partial charge in [0.2, 0.25) is 0 Å². The summed E-state index contributed by atoms with van der Waals surface area (Å²) in [6.45, 7) is 0.475. The number of aryl methyl sites for hydroxylation is 1. The van der Waals surface area contributed by atoms with Crippen molar-refractivity contribution in [2.75, 3.05) is 5.32 Å². The number of hydrogen-bond donors (Lipinski definition) is 1. The highest BCUT2D eigenvalue weighted by Gasteiger charge is 2.26. The fourth-order valence-corrected chi connectivity index (χ4v) is 3.20. The van der Waals surface area contributed by atoms with Gasteiger partial charge in [-0.25, -0.2) is 4.39 Å². The van der Waals surface area contributed by atoms with E-state index in [0.717, 1.165) is 18.4 Å². The molecule has 0 unspecified atom stereocenters. The molecule has 4 rings (SSSR count). The van der Waals surface area contributed by atoms with E-state index in [0.29, 0.717) is 29.9 Å². The van der Waals surface area contributed by atoms with E-state index < -0.39 is 0 Å². The van der Waals surface area contributed by atoms with E-state index in [4.69, 9.17) is 0 Å². The van der Waals surface area contributed by atoms with E-state index in [-0.39, 0.29) is 23.2 Å². The van der Waals surface area contributed by atoms with Crippen molar-refractivity contribution in [3.63, 3.8) is 0 Å². The molecule has 0 amide bonds. The molecule has 1 saturated carbocycles. The average Bonchev–Trinajstić information content (AvgIpc) is 3.53. The van der Waals surface area contributed by atoms with Crippen molar-refractivity contribution in [2.24, 2.45) is 0 Å². The number of nitrogens with zero attached hydrogens (tertiary/aromatic N) is 1. The molecule has 5 heteroatoms. The van der Waals surface area contributed by atoms with E-state index in [1.165, 1.54) is 30.3 Å². The minimum absolute atomic E-state index is 0.144. The molecule has 4 nitrogen and oxygen atoms in total. The minimum atomic E-state index is -0.388. The zero-order valence-corrected chi connectivity index (χ0v) is 15.4. The first-order valence-electron chi connectivity index (χ1n) is 9.46. The van der Waals surface area contributed by atoms with E-state index in [1.807, 2.05) is 30.3 Å². The molecule has 0 atom stereocenters. The molecule has 1 fully saturated rings. The highest BCUT2D eigenvalue weighted by atomic mass is 19.1. The highest BCUT2D eigenvalue weighted by Crippen LogP contribution is 2.27. The van der Waals surface area contributed by atoms with Crippen LogP contribution in [0.1, 0.15) is 34.3 Å². The van der Waals surface area contributed by atoms with Gasteiger partial charge in [-0.05, 0) is 55.2 Å². The first kappa shape index (κ1) is 18.2. The number of hydrogen-bond acceptors (Lipinski definition) is 3. The summed E-state index contributed by atoms with van der Waals surface area (Å²) in [5.41, 5.74) is 1.82. The number of rotatable bonds is 7. The molecule has 1 N–H and O–H groups in total. The van der Waals surface area contributed by atoms with Crippen molar-refractivity contribution in [2.45, 2.75) is 31.8 Å². The topological polar surface area (TPSA) is 51.1 Å². The number of benzene rings is 2. The third-order valence-corrected chi connectivity index (χ3v) is 4.92. The fraction of sp³-hybridized carbons (Fsp3) is 0.217. The van der Waals surface area contributed by atoms with Gasteiger partial charge in [0, 0.05) is 24.2 Å². The van der Waals surface area contributed by atoms with Crippen molar-refractivity contribution in [1.82, 2.24) is 4.57 Å². The monoisotopic (exact) mass is 376 g/mol. The highest BCUT2D eigenvalue weighted by molar-refractivity contribution is 6.11. The van der Waals surface area contributed by atoms with Gasteiger partial charge in [-0.2, -0.15) is 0 Å². The van der Waals surface area contributed by atoms with Crippen LogP contribution in [0.4, 0.5) is 10.2 Å².